The molecular weight excluding hydrogens is 448 g/mol. The molecule has 4 aliphatic carbocycles. The van der Waals surface area contributed by atoms with Crippen LogP contribution in [-0.4, -0.2) is 46.9 Å². The van der Waals surface area contributed by atoms with Crippen LogP contribution in [0.25, 0.3) is 0 Å². The maximum atomic E-state index is 13.6. The van der Waals surface area contributed by atoms with Crippen molar-refractivity contribution < 1.29 is 33.8 Å². The second-order valence-electron chi connectivity index (χ2n) is 12.0. The van der Waals surface area contributed by atoms with E-state index in [9.17, 15) is 24.3 Å². The van der Waals surface area contributed by atoms with E-state index < -0.39 is 35.7 Å². The van der Waals surface area contributed by atoms with Gasteiger partial charge in [-0.25, -0.2) is 0 Å². The average molecular weight is 489 g/mol. The van der Waals surface area contributed by atoms with E-state index >= 15 is 0 Å². The number of aliphatic hydroxyl groups is 1. The number of ether oxygens (including phenoxy) is 2. The number of ketones is 2. The van der Waals surface area contributed by atoms with Gasteiger partial charge in [0.05, 0.1) is 12.5 Å². The lowest BCUT2D eigenvalue weighted by Crippen LogP contribution is -2.60. The third-order valence-corrected chi connectivity index (χ3v) is 10.0. The number of carbonyl (C=O) groups is 4. The third-order valence-electron chi connectivity index (χ3n) is 10.0. The minimum absolute atomic E-state index is 0.0203. The van der Waals surface area contributed by atoms with Gasteiger partial charge in [-0.3, -0.25) is 19.2 Å². The molecule has 8 atom stereocenters. The molecular formula is C28H40O7. The summed E-state index contributed by atoms with van der Waals surface area (Å²) in [6.45, 7) is 8.96. The Hall–Kier alpha value is -2.02. The Balaban J connectivity index is 1.69. The fourth-order valence-corrected chi connectivity index (χ4v) is 8.43. The van der Waals surface area contributed by atoms with Crippen molar-refractivity contribution in [3.05, 3.63) is 11.6 Å². The van der Waals surface area contributed by atoms with Crippen molar-refractivity contribution in [3.63, 3.8) is 0 Å². The minimum Gasteiger partial charge on any atom is -0.458 e. The van der Waals surface area contributed by atoms with E-state index in [0.717, 1.165) is 32.1 Å². The van der Waals surface area contributed by atoms with Crippen molar-refractivity contribution in [2.45, 2.75) is 97.7 Å². The lowest BCUT2D eigenvalue weighted by atomic mass is 9.44. The lowest BCUT2D eigenvalue weighted by molar-refractivity contribution is -0.194. The Labute approximate surface area is 208 Å². The van der Waals surface area contributed by atoms with Crippen LogP contribution in [0.3, 0.4) is 0 Å². The summed E-state index contributed by atoms with van der Waals surface area (Å²) < 4.78 is 11.1. The van der Waals surface area contributed by atoms with E-state index in [0.29, 0.717) is 24.7 Å². The molecule has 7 heteroatoms. The zero-order chi connectivity index (χ0) is 25.8. The number of esters is 2. The average Bonchev–Trinajstić information content (AvgIpc) is 3.06. The van der Waals surface area contributed by atoms with Gasteiger partial charge in [0.1, 0.15) is 0 Å². The first kappa shape index (κ1) is 26.1. The van der Waals surface area contributed by atoms with Gasteiger partial charge in [0.25, 0.3) is 0 Å². The van der Waals surface area contributed by atoms with Crippen molar-refractivity contribution in [3.8, 4) is 0 Å². The van der Waals surface area contributed by atoms with E-state index in [1.807, 2.05) is 6.08 Å². The molecule has 7 nitrogen and oxygen atoms in total. The first-order valence-corrected chi connectivity index (χ1v) is 13.2. The Morgan fingerprint density at radius 2 is 1.83 bits per heavy atom. The van der Waals surface area contributed by atoms with Crippen LogP contribution in [0.4, 0.5) is 0 Å². The minimum atomic E-state index is -1.37. The molecule has 0 spiro atoms. The second-order valence-corrected chi connectivity index (χ2v) is 12.0. The molecule has 0 aliphatic heterocycles. The molecule has 0 aromatic carbocycles. The first-order valence-electron chi connectivity index (χ1n) is 13.2. The number of carbonyl (C=O) groups excluding carboxylic acids is 4. The van der Waals surface area contributed by atoms with E-state index in [4.69, 9.17) is 9.47 Å². The first-order chi connectivity index (χ1) is 16.3. The highest BCUT2D eigenvalue weighted by Crippen LogP contribution is 2.69. The van der Waals surface area contributed by atoms with Gasteiger partial charge in [-0.2, -0.15) is 0 Å². The van der Waals surface area contributed by atoms with Crippen LogP contribution < -0.4 is 0 Å². The van der Waals surface area contributed by atoms with Crippen LogP contribution in [0, 0.1) is 34.5 Å². The normalized spacial score (nSPS) is 41.1. The number of fused-ring (bicyclic) bond motifs is 5. The monoisotopic (exact) mass is 488 g/mol. The van der Waals surface area contributed by atoms with Crippen LogP contribution in [0.5, 0.6) is 0 Å². The molecule has 0 bridgehead atoms. The van der Waals surface area contributed by atoms with E-state index in [-0.39, 0.29) is 35.2 Å². The standard InChI is InChI=1S/C28H40O7/c1-16-12-20-21(26(4)9-6-19(31)14-23(16)26)7-10-27(5)22(20)8-11-28(27,24(32)15-34-18(3)30)35-25(33)13-17(2)29/h14,16-17,20-22,29H,6-13,15H2,1-5H3/t16-,17?,20+,21-,22-,26+,27-,28-/m0/s1. The van der Waals surface area contributed by atoms with Crippen molar-refractivity contribution in [1.29, 1.82) is 0 Å². The highest BCUT2D eigenvalue weighted by molar-refractivity contribution is 5.93. The summed E-state index contributed by atoms with van der Waals surface area (Å²) in [6.07, 6.45) is 6.01. The Morgan fingerprint density at radius 1 is 1.14 bits per heavy atom. The van der Waals surface area contributed by atoms with E-state index in [1.165, 1.54) is 19.4 Å². The molecule has 4 rings (SSSR count). The predicted molar refractivity (Wildman–Crippen MR) is 128 cm³/mol. The molecule has 4 aliphatic rings. The van der Waals surface area contributed by atoms with Gasteiger partial charge in [-0.15, -0.1) is 0 Å². The van der Waals surface area contributed by atoms with Gasteiger partial charge in [-0.05, 0) is 80.6 Å². The largest absolute Gasteiger partial charge is 0.458 e. The van der Waals surface area contributed by atoms with E-state index in [1.54, 1.807) is 0 Å². The molecule has 3 saturated carbocycles. The van der Waals surface area contributed by atoms with Crippen LogP contribution in [0.1, 0.15) is 86.0 Å². The number of hydrogen-bond donors (Lipinski definition) is 1. The van der Waals surface area contributed by atoms with Gasteiger partial charge in [0.15, 0.2) is 18.0 Å². The summed E-state index contributed by atoms with van der Waals surface area (Å²) in [5.41, 5.74) is -0.681. The molecule has 3 fully saturated rings. The fourth-order valence-electron chi connectivity index (χ4n) is 8.43. The summed E-state index contributed by atoms with van der Waals surface area (Å²) in [5, 5.41) is 9.75. The van der Waals surface area contributed by atoms with Crippen molar-refractivity contribution in [2.75, 3.05) is 6.61 Å². The van der Waals surface area contributed by atoms with Crippen LogP contribution in [0.2, 0.25) is 0 Å². The second kappa shape index (κ2) is 9.13. The van der Waals surface area contributed by atoms with Crippen molar-refractivity contribution in [2.24, 2.45) is 34.5 Å². The summed E-state index contributed by atoms with van der Waals surface area (Å²) in [4.78, 5) is 50.1. The van der Waals surface area contributed by atoms with Crippen LogP contribution >= 0.6 is 0 Å². The van der Waals surface area contributed by atoms with E-state index in [2.05, 4.69) is 20.8 Å². The highest BCUT2D eigenvalue weighted by atomic mass is 16.6. The molecule has 35 heavy (non-hydrogen) atoms. The molecule has 0 aromatic rings. The molecule has 0 heterocycles. The predicted octanol–water partition coefficient (Wildman–Crippen LogP) is 3.95. The van der Waals surface area contributed by atoms with Crippen molar-refractivity contribution in [1.82, 2.24) is 0 Å². The molecule has 1 N–H and O–H groups in total. The Kier molecular flexibility index (Phi) is 6.80. The number of rotatable bonds is 6. The van der Waals surface area contributed by atoms with Gasteiger partial charge in [0.2, 0.25) is 5.78 Å². The maximum absolute atomic E-state index is 13.6. The van der Waals surface area contributed by atoms with Crippen molar-refractivity contribution >= 4 is 23.5 Å². The summed E-state index contributed by atoms with van der Waals surface area (Å²) >= 11 is 0. The summed E-state index contributed by atoms with van der Waals surface area (Å²) in [5.74, 6) is -0.0367. The summed E-state index contributed by atoms with van der Waals surface area (Å²) in [7, 11) is 0. The number of allylic oxidation sites excluding steroid dienone is 1. The third kappa shape index (κ3) is 4.17. The Bertz CT molecular complexity index is 951. The Morgan fingerprint density at radius 3 is 2.49 bits per heavy atom. The van der Waals surface area contributed by atoms with Crippen LogP contribution in [0.15, 0.2) is 11.6 Å². The molecule has 0 saturated heterocycles. The van der Waals surface area contributed by atoms with Gasteiger partial charge >= 0.3 is 11.9 Å². The molecule has 0 radical (unpaired) electrons. The fraction of sp³-hybridized carbons (Fsp3) is 0.786. The smallest absolute Gasteiger partial charge is 0.309 e. The molecule has 194 valence electrons. The SMILES string of the molecule is CC(=O)OCC(=O)[C@@]1(OC(=O)CC(C)O)CC[C@H]2[C@@H]3C[C@H](C)C4=CC(=O)CC[C@]4(C)[C@H]3CC[C@@]21C. The molecule has 0 amide bonds. The molecule has 0 aromatic heterocycles. The van der Waals surface area contributed by atoms with Crippen LogP contribution in [-0.2, 0) is 28.7 Å². The topological polar surface area (TPSA) is 107 Å². The van der Waals surface area contributed by atoms with Gasteiger partial charge in [-0.1, -0.05) is 26.3 Å². The molecule has 1 unspecified atom stereocenters. The lowest BCUT2D eigenvalue weighted by Gasteiger charge is -2.60. The van der Waals surface area contributed by atoms with Gasteiger partial charge in [0, 0.05) is 18.8 Å². The zero-order valence-corrected chi connectivity index (χ0v) is 21.7. The number of Topliss-reactive ketones (excluding diaryl/α,β-unsaturated/α-hetero) is 1. The highest BCUT2D eigenvalue weighted by Gasteiger charge is 2.69. The zero-order valence-electron chi connectivity index (χ0n) is 21.7. The maximum Gasteiger partial charge on any atom is 0.309 e. The quantitative estimate of drug-likeness (QED) is 0.564. The number of hydrogen-bond acceptors (Lipinski definition) is 7. The number of aliphatic hydroxyl groups excluding tert-OH is 1. The summed E-state index contributed by atoms with van der Waals surface area (Å²) in [6, 6.07) is 0. The van der Waals surface area contributed by atoms with Gasteiger partial charge < -0.3 is 14.6 Å².